The third-order valence-corrected chi connectivity index (χ3v) is 3.45. The summed E-state index contributed by atoms with van der Waals surface area (Å²) in [5.74, 6) is 0. The van der Waals surface area contributed by atoms with Gasteiger partial charge in [-0.15, -0.1) is 8.42 Å². The van der Waals surface area contributed by atoms with Crippen LogP contribution >= 0.6 is 0 Å². The molecular weight excluding hydrogens is 210 g/mol. The maximum atomic E-state index is 10.8. The highest BCUT2D eigenvalue weighted by Gasteiger charge is 2.37. The van der Waals surface area contributed by atoms with E-state index in [4.69, 9.17) is 14.4 Å². The summed E-state index contributed by atoms with van der Waals surface area (Å²) in [4.78, 5) is 0. The van der Waals surface area contributed by atoms with Gasteiger partial charge in [-0.05, 0) is 6.92 Å². The van der Waals surface area contributed by atoms with Crippen LogP contribution in [0.3, 0.4) is 0 Å². The molecule has 0 aromatic rings. The van der Waals surface area contributed by atoms with Crippen molar-refractivity contribution in [1.29, 1.82) is 0 Å². The lowest BCUT2D eigenvalue weighted by atomic mass is 10.5. The van der Waals surface area contributed by atoms with Crippen molar-refractivity contribution in [2.24, 2.45) is 0 Å². The van der Waals surface area contributed by atoms with Crippen LogP contribution in [0.25, 0.3) is 0 Å². The van der Waals surface area contributed by atoms with Crippen LogP contribution in [-0.4, -0.2) is 61.9 Å². The lowest BCUT2D eigenvalue weighted by Gasteiger charge is -2.32. The highest BCUT2D eigenvalue weighted by Crippen LogP contribution is 2.12. The lowest BCUT2D eigenvalue weighted by molar-refractivity contribution is -0.799. The number of quaternary nitrogens is 1. The van der Waals surface area contributed by atoms with Crippen molar-refractivity contribution in [1.82, 2.24) is 0 Å². The Bertz CT molecular complexity index is 245. The second kappa shape index (κ2) is 5.62. The summed E-state index contributed by atoms with van der Waals surface area (Å²) >= 11 is 0. The van der Waals surface area contributed by atoms with E-state index in [1.54, 1.807) is 6.92 Å². The summed E-state index contributed by atoms with van der Waals surface area (Å²) in [6.07, 6.45) is 0. The molecule has 0 aliphatic carbocycles. The molecule has 0 aromatic heterocycles. The number of nitrogens with zero attached hydrogens (tertiary/aromatic N) is 1. The Morgan fingerprint density at radius 2 is 1.71 bits per heavy atom. The summed E-state index contributed by atoms with van der Waals surface area (Å²) in [7, 11) is -2.48. The van der Waals surface area contributed by atoms with E-state index < -0.39 is 10.3 Å². The Labute approximate surface area is 84.6 Å². The molecule has 14 heavy (non-hydrogen) atoms. The molecule has 1 rings (SSSR count). The average Bonchev–Trinajstić information content (AvgIpc) is 2.05. The first kappa shape index (κ1) is 13.8. The van der Waals surface area contributed by atoms with Gasteiger partial charge in [-0.3, -0.25) is 0 Å². The second-order valence-corrected chi connectivity index (χ2v) is 4.90. The quantitative estimate of drug-likeness (QED) is 0.456. The fourth-order valence-corrected chi connectivity index (χ4v) is 1.57. The number of rotatable bonds is 1. The SMILES string of the molecule is CCO.C[N+]1(S(=O)(=O)O)CCOCC1. The van der Waals surface area contributed by atoms with E-state index >= 15 is 0 Å². The molecule has 0 aromatic carbocycles. The van der Waals surface area contributed by atoms with Crippen LogP contribution in [0.15, 0.2) is 0 Å². The summed E-state index contributed by atoms with van der Waals surface area (Å²) in [6.45, 7) is 3.34. The predicted molar refractivity (Wildman–Crippen MR) is 51.0 cm³/mol. The van der Waals surface area contributed by atoms with Gasteiger partial charge in [0.15, 0.2) is 0 Å². The predicted octanol–water partition coefficient (Wildman–Crippen LogP) is -0.735. The molecule has 1 heterocycles. The molecule has 0 bridgehead atoms. The Kier molecular flexibility index (Phi) is 5.53. The maximum Gasteiger partial charge on any atom is 0.432 e. The summed E-state index contributed by atoms with van der Waals surface area (Å²) in [5.41, 5.74) is 0. The maximum absolute atomic E-state index is 10.8. The molecule has 2 N–H and O–H groups in total. The molecular formula is C7H18NO5S+. The zero-order chi connectivity index (χ0) is 11.2. The standard InChI is InChI=1S/C5H11NO4S.C2H6O/c1-6(11(7,8)9)2-4-10-5-3-6;1-2-3/h2-5H2,1H3;3H,2H2,1H3/p+1. The summed E-state index contributed by atoms with van der Waals surface area (Å²) in [6, 6.07) is 0. The number of likely N-dealkylation sites (N-methyl/N-ethyl adjacent to an activating group) is 1. The molecule has 86 valence electrons. The van der Waals surface area contributed by atoms with Gasteiger partial charge in [-0.2, -0.15) is 3.89 Å². The van der Waals surface area contributed by atoms with Crippen molar-refractivity contribution in [3.63, 3.8) is 0 Å². The van der Waals surface area contributed by atoms with Crippen molar-refractivity contribution in [3.8, 4) is 0 Å². The minimum atomic E-state index is -3.97. The second-order valence-electron chi connectivity index (χ2n) is 3.12. The molecule has 1 aliphatic heterocycles. The van der Waals surface area contributed by atoms with Crippen molar-refractivity contribution in [3.05, 3.63) is 0 Å². The van der Waals surface area contributed by atoms with Crippen LogP contribution in [0.5, 0.6) is 0 Å². The van der Waals surface area contributed by atoms with Gasteiger partial charge in [0, 0.05) is 6.61 Å². The Hall–Kier alpha value is -0.210. The Morgan fingerprint density at radius 3 is 1.93 bits per heavy atom. The van der Waals surface area contributed by atoms with Gasteiger partial charge in [0.2, 0.25) is 0 Å². The van der Waals surface area contributed by atoms with E-state index in [-0.39, 0.29) is 10.5 Å². The molecule has 0 amide bonds. The van der Waals surface area contributed by atoms with E-state index in [0.717, 1.165) is 0 Å². The molecule has 0 spiro atoms. The highest BCUT2D eigenvalue weighted by molar-refractivity contribution is 7.80. The first-order valence-electron chi connectivity index (χ1n) is 4.38. The van der Waals surface area contributed by atoms with Crippen LogP contribution in [0.1, 0.15) is 6.92 Å². The van der Waals surface area contributed by atoms with Gasteiger partial charge in [0.25, 0.3) is 0 Å². The van der Waals surface area contributed by atoms with Crippen LogP contribution in [-0.2, 0) is 15.0 Å². The molecule has 0 radical (unpaired) electrons. The van der Waals surface area contributed by atoms with Gasteiger partial charge >= 0.3 is 10.3 Å². The van der Waals surface area contributed by atoms with Gasteiger partial charge in [0.05, 0.1) is 20.3 Å². The molecule has 0 saturated carbocycles. The van der Waals surface area contributed by atoms with Crippen LogP contribution in [0.2, 0.25) is 0 Å². The van der Waals surface area contributed by atoms with Crippen LogP contribution < -0.4 is 0 Å². The molecule has 0 unspecified atom stereocenters. The zero-order valence-electron chi connectivity index (χ0n) is 8.51. The van der Waals surface area contributed by atoms with Crippen molar-refractivity contribution in [2.75, 3.05) is 40.0 Å². The number of aliphatic hydroxyl groups excluding tert-OH is 1. The number of hydrogen-bond acceptors (Lipinski definition) is 4. The first-order chi connectivity index (χ1) is 6.37. The van der Waals surface area contributed by atoms with E-state index in [1.807, 2.05) is 0 Å². The van der Waals surface area contributed by atoms with E-state index in [2.05, 4.69) is 0 Å². The van der Waals surface area contributed by atoms with Gasteiger partial charge in [0.1, 0.15) is 13.1 Å². The molecule has 6 nitrogen and oxygen atoms in total. The number of aliphatic hydroxyl groups is 1. The summed E-state index contributed by atoms with van der Waals surface area (Å²) < 4.78 is 35.0. The van der Waals surface area contributed by atoms with E-state index in [0.29, 0.717) is 26.3 Å². The minimum Gasteiger partial charge on any atom is -0.397 e. The number of hydrogen-bond donors (Lipinski definition) is 2. The highest BCUT2D eigenvalue weighted by atomic mass is 32.2. The Morgan fingerprint density at radius 1 is 1.36 bits per heavy atom. The van der Waals surface area contributed by atoms with Crippen LogP contribution in [0.4, 0.5) is 0 Å². The fraction of sp³-hybridized carbons (Fsp3) is 1.00. The largest absolute Gasteiger partial charge is 0.432 e. The average molecular weight is 228 g/mol. The smallest absolute Gasteiger partial charge is 0.397 e. The molecule has 0 atom stereocenters. The van der Waals surface area contributed by atoms with Gasteiger partial charge in [-0.1, -0.05) is 0 Å². The fourth-order valence-electron chi connectivity index (χ4n) is 0.960. The van der Waals surface area contributed by atoms with Crippen LogP contribution in [0, 0.1) is 0 Å². The molecule has 1 aliphatic rings. The third-order valence-electron chi connectivity index (χ3n) is 1.97. The number of morpholine rings is 1. The zero-order valence-corrected chi connectivity index (χ0v) is 9.33. The van der Waals surface area contributed by atoms with Gasteiger partial charge < -0.3 is 9.84 Å². The first-order valence-corrected chi connectivity index (χ1v) is 5.78. The van der Waals surface area contributed by atoms with Crippen molar-refractivity contribution < 1.29 is 26.7 Å². The van der Waals surface area contributed by atoms with E-state index in [1.165, 1.54) is 7.05 Å². The normalized spacial score (nSPS) is 20.9. The topological polar surface area (TPSA) is 83.8 Å². The van der Waals surface area contributed by atoms with Crippen molar-refractivity contribution >= 4 is 10.3 Å². The molecule has 1 fully saturated rings. The monoisotopic (exact) mass is 228 g/mol. The van der Waals surface area contributed by atoms with E-state index in [9.17, 15) is 8.42 Å². The lowest BCUT2D eigenvalue weighted by Crippen LogP contribution is -2.55. The van der Waals surface area contributed by atoms with Crippen molar-refractivity contribution in [2.45, 2.75) is 6.92 Å². The summed E-state index contributed by atoms with van der Waals surface area (Å²) in [5, 5.41) is 7.57. The number of ether oxygens (including phenoxy) is 1. The van der Waals surface area contributed by atoms with Gasteiger partial charge in [-0.25, -0.2) is 4.55 Å². The minimum absolute atomic E-state index is 0.250. The molecule has 7 heteroatoms. The Balaban J connectivity index is 0.000000500. The molecule has 1 saturated heterocycles. The third kappa shape index (κ3) is 3.89.